The number of rotatable bonds is 5. The monoisotopic (exact) mass is 504 g/mol. The van der Waals surface area contributed by atoms with Crippen LogP contribution in [0.25, 0.3) is 22.2 Å². The Labute approximate surface area is 213 Å². The van der Waals surface area contributed by atoms with Gasteiger partial charge in [0.2, 0.25) is 0 Å². The lowest BCUT2D eigenvalue weighted by Gasteiger charge is -2.20. The maximum atomic E-state index is 13.7. The fraction of sp³-hybridized carbons (Fsp3) is 0.250. The molecular weight excluding hydrogens is 480 g/mol. The number of esters is 1. The van der Waals surface area contributed by atoms with E-state index in [0.29, 0.717) is 32.8 Å². The lowest BCUT2D eigenvalue weighted by Crippen LogP contribution is -2.17. The number of thiophene rings is 1. The number of pyridine rings is 1. The van der Waals surface area contributed by atoms with Crippen molar-refractivity contribution < 1.29 is 14.3 Å². The average molecular weight is 505 g/mol. The second-order valence-corrected chi connectivity index (χ2v) is 10.3. The number of fused-ring (bicyclic) bond motifs is 2. The Hall–Kier alpha value is -3.22. The lowest BCUT2D eigenvalue weighted by atomic mass is 9.85. The number of benzene rings is 2. The molecule has 35 heavy (non-hydrogen) atoms. The average Bonchev–Trinajstić information content (AvgIpc) is 3.24. The summed E-state index contributed by atoms with van der Waals surface area (Å²) in [6, 6.07) is 16.7. The Morgan fingerprint density at radius 3 is 2.69 bits per heavy atom. The molecule has 2 aromatic carbocycles. The van der Waals surface area contributed by atoms with Gasteiger partial charge < -0.3 is 10.1 Å². The zero-order valence-electron chi connectivity index (χ0n) is 19.6. The van der Waals surface area contributed by atoms with Gasteiger partial charge in [0.25, 0.3) is 5.91 Å². The van der Waals surface area contributed by atoms with Crippen LogP contribution in [0.1, 0.15) is 50.9 Å². The van der Waals surface area contributed by atoms with Gasteiger partial charge in [0.05, 0.1) is 29.4 Å². The minimum Gasteiger partial charge on any atom is -0.465 e. The molecule has 1 N–H and O–H groups in total. The van der Waals surface area contributed by atoms with Gasteiger partial charge in [-0.05, 0) is 55.0 Å². The number of nitrogens with one attached hydrogen (secondary N) is 1. The lowest BCUT2D eigenvalue weighted by molar-refractivity contribution is 0.0601. The summed E-state index contributed by atoms with van der Waals surface area (Å²) >= 11 is 7.55. The second-order valence-electron chi connectivity index (χ2n) is 8.75. The summed E-state index contributed by atoms with van der Waals surface area (Å²) in [6.45, 7) is 2.19. The number of hydrogen-bond donors (Lipinski definition) is 1. The molecule has 2 aromatic heterocycles. The number of ether oxygens (including phenoxy) is 1. The number of hydrogen-bond acceptors (Lipinski definition) is 5. The molecule has 1 amide bonds. The van der Waals surface area contributed by atoms with Crippen molar-refractivity contribution in [1.29, 1.82) is 0 Å². The molecule has 5 nitrogen and oxygen atoms in total. The highest BCUT2D eigenvalue weighted by Crippen LogP contribution is 2.41. The molecule has 0 saturated carbocycles. The van der Waals surface area contributed by atoms with Crippen LogP contribution in [0.3, 0.4) is 0 Å². The van der Waals surface area contributed by atoms with Crippen LogP contribution in [0.4, 0.5) is 5.00 Å². The van der Waals surface area contributed by atoms with Crippen LogP contribution < -0.4 is 5.32 Å². The molecule has 0 spiro atoms. The highest BCUT2D eigenvalue weighted by atomic mass is 35.5. The molecule has 7 heteroatoms. The topological polar surface area (TPSA) is 68.3 Å². The first-order chi connectivity index (χ1) is 17.0. The van der Waals surface area contributed by atoms with E-state index in [9.17, 15) is 9.59 Å². The Morgan fingerprint density at radius 1 is 1.17 bits per heavy atom. The molecule has 0 bridgehead atoms. The van der Waals surface area contributed by atoms with E-state index in [4.69, 9.17) is 21.3 Å². The summed E-state index contributed by atoms with van der Waals surface area (Å²) in [6.07, 6.45) is 3.89. The highest BCUT2D eigenvalue weighted by Gasteiger charge is 2.30. The molecule has 178 valence electrons. The standard InChI is InChI=1S/C28H25ClN2O3S/c1-3-16-8-13-20-24(14-16)35-27(25(20)28(33)34-2)31-26(32)21-15-23(17-9-11-18(29)12-10-17)30-22-7-5-4-6-19(21)22/h4-7,9-12,15-16H,3,8,13-14H2,1-2H3,(H,31,32). The van der Waals surface area contributed by atoms with Crippen LogP contribution in [-0.4, -0.2) is 24.0 Å². The summed E-state index contributed by atoms with van der Waals surface area (Å²) in [5, 5.41) is 4.97. The van der Waals surface area contributed by atoms with Crippen molar-refractivity contribution >= 4 is 50.7 Å². The normalized spacial score (nSPS) is 15.0. The number of carbonyl (C=O) groups excluding carboxylic acids is 2. The second kappa shape index (κ2) is 9.80. The van der Waals surface area contributed by atoms with Crippen molar-refractivity contribution in [2.45, 2.75) is 32.6 Å². The molecule has 1 atom stereocenters. The summed E-state index contributed by atoms with van der Waals surface area (Å²) in [5.74, 6) is -0.0925. The first kappa shape index (κ1) is 23.5. The van der Waals surface area contributed by atoms with Crippen molar-refractivity contribution in [3.63, 3.8) is 0 Å². The number of halogens is 1. The molecule has 0 fully saturated rings. The van der Waals surface area contributed by atoms with Crippen molar-refractivity contribution in [3.05, 3.63) is 81.2 Å². The van der Waals surface area contributed by atoms with Gasteiger partial charge in [-0.15, -0.1) is 11.3 Å². The van der Waals surface area contributed by atoms with Crippen molar-refractivity contribution in [1.82, 2.24) is 4.98 Å². The van der Waals surface area contributed by atoms with Crippen LogP contribution in [0.15, 0.2) is 54.6 Å². The number of anilines is 1. The maximum absolute atomic E-state index is 13.7. The number of nitrogens with zero attached hydrogens (tertiary/aromatic N) is 1. The highest BCUT2D eigenvalue weighted by molar-refractivity contribution is 7.17. The van der Waals surface area contributed by atoms with E-state index >= 15 is 0 Å². The van der Waals surface area contributed by atoms with E-state index in [1.807, 2.05) is 36.4 Å². The number of methoxy groups -OCH3 is 1. The summed E-state index contributed by atoms with van der Waals surface area (Å²) in [7, 11) is 1.38. The molecule has 2 heterocycles. The molecule has 4 aromatic rings. The molecule has 1 aliphatic rings. The van der Waals surface area contributed by atoms with E-state index in [1.165, 1.54) is 23.3 Å². The molecule has 1 unspecified atom stereocenters. The van der Waals surface area contributed by atoms with Gasteiger partial charge in [-0.2, -0.15) is 0 Å². The Bertz CT molecular complexity index is 1430. The molecule has 5 rings (SSSR count). The summed E-state index contributed by atoms with van der Waals surface area (Å²) < 4.78 is 5.09. The number of aromatic nitrogens is 1. The molecule has 0 radical (unpaired) electrons. The predicted molar refractivity (Wildman–Crippen MR) is 142 cm³/mol. The fourth-order valence-corrected chi connectivity index (χ4v) is 6.18. The Morgan fingerprint density at radius 2 is 1.94 bits per heavy atom. The van der Waals surface area contributed by atoms with Gasteiger partial charge in [0.15, 0.2) is 0 Å². The van der Waals surface area contributed by atoms with E-state index in [1.54, 1.807) is 18.2 Å². The number of amides is 1. The Balaban J connectivity index is 1.57. The van der Waals surface area contributed by atoms with Gasteiger partial charge in [-0.25, -0.2) is 9.78 Å². The summed E-state index contributed by atoms with van der Waals surface area (Å²) in [5.41, 5.74) is 4.26. The van der Waals surface area contributed by atoms with Crippen molar-refractivity contribution in [2.75, 3.05) is 12.4 Å². The van der Waals surface area contributed by atoms with Crippen LogP contribution in [-0.2, 0) is 17.6 Å². The van der Waals surface area contributed by atoms with Gasteiger partial charge in [0, 0.05) is 20.8 Å². The minimum atomic E-state index is -0.408. The number of carbonyl (C=O) groups is 2. The van der Waals surface area contributed by atoms with Crippen LogP contribution >= 0.6 is 22.9 Å². The predicted octanol–water partition coefficient (Wildman–Crippen LogP) is 7.17. The zero-order valence-corrected chi connectivity index (χ0v) is 21.1. The third-order valence-corrected chi connectivity index (χ3v) is 8.08. The molecular formula is C28H25ClN2O3S. The Kier molecular flexibility index (Phi) is 6.58. The third-order valence-electron chi connectivity index (χ3n) is 6.66. The summed E-state index contributed by atoms with van der Waals surface area (Å²) in [4.78, 5) is 32.3. The van der Waals surface area contributed by atoms with Gasteiger partial charge >= 0.3 is 5.97 Å². The van der Waals surface area contributed by atoms with Crippen LogP contribution in [0, 0.1) is 5.92 Å². The van der Waals surface area contributed by atoms with E-state index < -0.39 is 5.97 Å². The number of para-hydroxylation sites is 1. The smallest absolute Gasteiger partial charge is 0.341 e. The first-order valence-electron chi connectivity index (χ1n) is 11.7. The quantitative estimate of drug-likeness (QED) is 0.292. The van der Waals surface area contributed by atoms with Crippen LogP contribution in [0.5, 0.6) is 0 Å². The van der Waals surface area contributed by atoms with E-state index in [0.717, 1.165) is 47.7 Å². The largest absolute Gasteiger partial charge is 0.465 e. The SMILES string of the molecule is CCC1CCc2c(sc(NC(=O)c3cc(-c4ccc(Cl)cc4)nc4ccccc34)c2C(=O)OC)C1. The minimum absolute atomic E-state index is 0.283. The van der Waals surface area contributed by atoms with Crippen LogP contribution in [0.2, 0.25) is 5.02 Å². The third kappa shape index (κ3) is 4.56. The van der Waals surface area contributed by atoms with Gasteiger partial charge in [-0.1, -0.05) is 55.3 Å². The van der Waals surface area contributed by atoms with Gasteiger partial charge in [-0.3, -0.25) is 4.79 Å². The van der Waals surface area contributed by atoms with Crippen molar-refractivity contribution in [3.8, 4) is 11.3 Å². The van der Waals surface area contributed by atoms with E-state index in [2.05, 4.69) is 12.2 Å². The molecule has 0 aliphatic heterocycles. The van der Waals surface area contributed by atoms with Gasteiger partial charge in [0.1, 0.15) is 5.00 Å². The van der Waals surface area contributed by atoms with E-state index in [-0.39, 0.29) is 5.91 Å². The van der Waals surface area contributed by atoms with Crippen molar-refractivity contribution in [2.24, 2.45) is 5.92 Å². The molecule has 0 saturated heterocycles. The maximum Gasteiger partial charge on any atom is 0.341 e. The zero-order chi connectivity index (χ0) is 24.5. The first-order valence-corrected chi connectivity index (χ1v) is 12.9. The molecule has 1 aliphatic carbocycles. The fourth-order valence-electron chi connectivity index (χ4n) is 4.71.